The van der Waals surface area contributed by atoms with Gasteiger partial charge in [0.2, 0.25) is 5.91 Å². The molecule has 0 spiro atoms. The fraction of sp³-hybridized carbons (Fsp3) is 0.667. The van der Waals surface area contributed by atoms with Crippen LogP contribution in [0, 0.1) is 23.2 Å². The number of hydrogen-bond acceptors (Lipinski definition) is 5. The Morgan fingerprint density at radius 1 is 1.00 bits per heavy atom. The van der Waals surface area contributed by atoms with Crippen molar-refractivity contribution in [1.82, 2.24) is 15.8 Å². The number of amides is 3. The Kier molecular flexibility index (Phi) is 6.64. The van der Waals surface area contributed by atoms with Gasteiger partial charge in [0.05, 0.1) is 12.0 Å². The van der Waals surface area contributed by atoms with Gasteiger partial charge in [0.15, 0.2) is 6.10 Å². The van der Waals surface area contributed by atoms with Crippen LogP contribution >= 0.6 is 0 Å². The fourth-order valence-electron chi connectivity index (χ4n) is 7.31. The smallest absolute Gasteiger partial charge is 0.279 e. The Bertz CT molecular complexity index is 927. The molecule has 1 saturated heterocycles. The van der Waals surface area contributed by atoms with E-state index in [2.05, 4.69) is 10.9 Å². The summed E-state index contributed by atoms with van der Waals surface area (Å²) in [6.45, 7) is 4.72. The molecule has 8 nitrogen and oxygen atoms in total. The third-order valence-corrected chi connectivity index (χ3v) is 8.43. The number of hydrogen-bond donors (Lipinski definition) is 2. The molecule has 5 aliphatic rings. The summed E-state index contributed by atoms with van der Waals surface area (Å²) in [5.74, 6) is 2.68. The minimum atomic E-state index is -0.804. The number of likely N-dealkylation sites (tertiary alicyclic amines) is 1. The largest absolute Gasteiger partial charge is 0.494 e. The van der Waals surface area contributed by atoms with Crippen LogP contribution in [0.4, 0.5) is 0 Å². The highest BCUT2D eigenvalue weighted by Crippen LogP contribution is 2.60. The number of carbonyl (C=O) groups excluding carboxylic acids is 3. The molecular weight excluding hydrogens is 446 g/mol. The van der Waals surface area contributed by atoms with Crippen molar-refractivity contribution >= 4 is 17.7 Å². The lowest BCUT2D eigenvalue weighted by atomic mass is 9.49. The van der Waals surface area contributed by atoms with E-state index in [-0.39, 0.29) is 17.2 Å². The molecule has 8 heteroatoms. The summed E-state index contributed by atoms with van der Waals surface area (Å²) in [5.41, 5.74) is 4.76. The van der Waals surface area contributed by atoms with Crippen LogP contribution in [0.3, 0.4) is 0 Å². The standard InChI is InChI=1S/C27H37N3O5/c1-3-34-21-6-8-22(9-7-21)35-17(2)24(31)28-29-25(32)23-5-4-10-30(23)26(33)27-14-18-11-19(15-27)13-20(12-18)16-27/h6-9,17-20,23H,3-5,10-16H2,1-2H3,(H,28,31)(H,29,32). The van der Waals surface area contributed by atoms with Crippen molar-refractivity contribution in [2.45, 2.75) is 77.4 Å². The molecule has 1 aromatic carbocycles. The lowest BCUT2D eigenvalue weighted by molar-refractivity contribution is -0.160. The Labute approximate surface area is 207 Å². The normalized spacial score (nSPS) is 31.7. The van der Waals surface area contributed by atoms with E-state index in [4.69, 9.17) is 9.47 Å². The maximum absolute atomic E-state index is 13.8. The quantitative estimate of drug-likeness (QED) is 0.581. The highest BCUT2D eigenvalue weighted by Gasteiger charge is 2.56. The van der Waals surface area contributed by atoms with E-state index >= 15 is 0 Å². The number of nitrogens with zero attached hydrogens (tertiary/aromatic N) is 1. The van der Waals surface area contributed by atoms with Gasteiger partial charge in [-0.25, -0.2) is 0 Å². The zero-order chi connectivity index (χ0) is 24.6. The van der Waals surface area contributed by atoms with Crippen molar-refractivity contribution < 1.29 is 23.9 Å². The van der Waals surface area contributed by atoms with Crippen molar-refractivity contribution in [3.05, 3.63) is 24.3 Å². The molecule has 5 fully saturated rings. The Balaban J connectivity index is 1.14. The zero-order valence-electron chi connectivity index (χ0n) is 20.8. The van der Waals surface area contributed by atoms with Gasteiger partial charge in [0.25, 0.3) is 11.8 Å². The second-order valence-corrected chi connectivity index (χ2v) is 11.0. The molecule has 4 bridgehead atoms. The number of hydrazine groups is 1. The van der Waals surface area contributed by atoms with Crippen LogP contribution in [0.25, 0.3) is 0 Å². The number of rotatable bonds is 7. The maximum atomic E-state index is 13.8. The van der Waals surface area contributed by atoms with Gasteiger partial charge in [-0.2, -0.15) is 0 Å². The second kappa shape index (κ2) is 9.70. The van der Waals surface area contributed by atoms with Crippen LogP contribution in [-0.2, 0) is 14.4 Å². The Hall–Kier alpha value is -2.77. The average Bonchev–Trinajstić information content (AvgIpc) is 3.32. The van der Waals surface area contributed by atoms with Crippen molar-refractivity contribution in [1.29, 1.82) is 0 Å². The summed E-state index contributed by atoms with van der Waals surface area (Å²) in [4.78, 5) is 41.1. The van der Waals surface area contributed by atoms with Crippen LogP contribution in [0.5, 0.6) is 11.5 Å². The summed E-state index contributed by atoms with van der Waals surface area (Å²) in [7, 11) is 0. The number of benzene rings is 1. The van der Waals surface area contributed by atoms with Gasteiger partial charge in [-0.1, -0.05) is 0 Å². The van der Waals surface area contributed by atoms with Crippen LogP contribution in [0.2, 0.25) is 0 Å². The molecule has 4 aliphatic carbocycles. The Morgan fingerprint density at radius 3 is 2.20 bits per heavy atom. The molecule has 35 heavy (non-hydrogen) atoms. The predicted octanol–water partition coefficient (Wildman–Crippen LogP) is 3.21. The molecule has 1 heterocycles. The van der Waals surface area contributed by atoms with Gasteiger partial charge in [-0.15, -0.1) is 0 Å². The molecule has 6 rings (SSSR count). The lowest BCUT2D eigenvalue weighted by Gasteiger charge is -2.56. The van der Waals surface area contributed by atoms with E-state index in [9.17, 15) is 14.4 Å². The monoisotopic (exact) mass is 483 g/mol. The first-order valence-electron chi connectivity index (χ1n) is 13.2. The zero-order valence-corrected chi connectivity index (χ0v) is 20.8. The summed E-state index contributed by atoms with van der Waals surface area (Å²) in [6, 6.07) is 6.50. The molecule has 4 saturated carbocycles. The molecule has 2 atom stereocenters. The number of nitrogens with one attached hydrogen (secondary N) is 2. The number of ether oxygens (including phenoxy) is 2. The highest BCUT2D eigenvalue weighted by atomic mass is 16.5. The summed E-state index contributed by atoms with van der Waals surface area (Å²) < 4.78 is 11.1. The molecular formula is C27H37N3O5. The lowest BCUT2D eigenvalue weighted by Crippen LogP contribution is -2.58. The second-order valence-electron chi connectivity index (χ2n) is 11.0. The highest BCUT2D eigenvalue weighted by molar-refractivity contribution is 5.92. The van der Waals surface area contributed by atoms with Gasteiger partial charge < -0.3 is 14.4 Å². The molecule has 1 aliphatic heterocycles. The van der Waals surface area contributed by atoms with Crippen molar-refractivity contribution in [3.8, 4) is 11.5 Å². The van der Waals surface area contributed by atoms with Crippen molar-refractivity contribution in [2.24, 2.45) is 23.2 Å². The summed E-state index contributed by atoms with van der Waals surface area (Å²) in [5, 5.41) is 0. The van der Waals surface area contributed by atoms with E-state index in [1.54, 1.807) is 36.1 Å². The third kappa shape index (κ3) is 4.84. The molecule has 190 valence electrons. The predicted molar refractivity (Wildman–Crippen MR) is 129 cm³/mol. The van der Waals surface area contributed by atoms with E-state index in [1.165, 1.54) is 19.3 Å². The molecule has 0 radical (unpaired) electrons. The first kappa shape index (κ1) is 23.9. The SMILES string of the molecule is CCOc1ccc(OC(C)C(=O)NNC(=O)C2CCCN2C(=O)C23CC4CC(CC(C4)C2)C3)cc1. The van der Waals surface area contributed by atoms with E-state index in [0.717, 1.165) is 31.4 Å². The van der Waals surface area contributed by atoms with Crippen LogP contribution in [0.1, 0.15) is 65.2 Å². The van der Waals surface area contributed by atoms with Crippen molar-refractivity contribution in [2.75, 3.05) is 13.2 Å². The molecule has 2 unspecified atom stereocenters. The molecule has 0 aromatic heterocycles. The van der Waals surface area contributed by atoms with Crippen molar-refractivity contribution in [3.63, 3.8) is 0 Å². The minimum Gasteiger partial charge on any atom is -0.494 e. The first-order chi connectivity index (χ1) is 16.9. The van der Waals surface area contributed by atoms with Gasteiger partial charge in [0, 0.05) is 6.54 Å². The fourth-order valence-corrected chi connectivity index (χ4v) is 7.31. The van der Waals surface area contributed by atoms with Gasteiger partial charge >= 0.3 is 0 Å². The molecule has 3 amide bonds. The van der Waals surface area contributed by atoms with E-state index in [0.29, 0.717) is 43.1 Å². The van der Waals surface area contributed by atoms with Crippen LogP contribution in [-0.4, -0.2) is 47.9 Å². The molecule has 2 N–H and O–H groups in total. The van der Waals surface area contributed by atoms with Gasteiger partial charge in [0.1, 0.15) is 17.5 Å². The van der Waals surface area contributed by atoms with Gasteiger partial charge in [-0.3, -0.25) is 25.2 Å². The summed E-state index contributed by atoms with van der Waals surface area (Å²) >= 11 is 0. The maximum Gasteiger partial charge on any atom is 0.279 e. The minimum absolute atomic E-state index is 0.174. The average molecular weight is 484 g/mol. The third-order valence-electron chi connectivity index (χ3n) is 8.43. The Morgan fingerprint density at radius 2 is 1.60 bits per heavy atom. The van der Waals surface area contributed by atoms with Gasteiger partial charge in [-0.05, 0) is 107 Å². The van der Waals surface area contributed by atoms with Crippen LogP contribution < -0.4 is 20.3 Å². The molecule has 1 aromatic rings. The van der Waals surface area contributed by atoms with Crippen LogP contribution in [0.15, 0.2) is 24.3 Å². The van der Waals surface area contributed by atoms with E-state index in [1.807, 2.05) is 6.92 Å². The first-order valence-corrected chi connectivity index (χ1v) is 13.2. The topological polar surface area (TPSA) is 97.0 Å². The number of carbonyl (C=O) groups is 3. The summed E-state index contributed by atoms with van der Waals surface area (Å²) in [6.07, 6.45) is 7.42. The van der Waals surface area contributed by atoms with E-state index < -0.39 is 18.1 Å².